The molecule has 0 unspecified atom stereocenters. The van der Waals surface area contributed by atoms with E-state index < -0.39 is 0 Å². The second kappa shape index (κ2) is 14.6. The van der Waals surface area contributed by atoms with E-state index in [2.05, 4.69) is 17.6 Å². The Morgan fingerprint density at radius 3 is 2.16 bits per heavy atom. The lowest BCUT2D eigenvalue weighted by Crippen LogP contribution is -2.44. The van der Waals surface area contributed by atoms with Gasteiger partial charge in [0.05, 0.1) is 0 Å². The molecule has 0 aromatic heterocycles. The van der Waals surface area contributed by atoms with Crippen molar-refractivity contribution in [1.29, 1.82) is 0 Å². The van der Waals surface area contributed by atoms with Gasteiger partial charge in [0, 0.05) is 44.1 Å². The first-order valence-electron chi connectivity index (χ1n) is 12.0. The molecular formula is C25H39N3O3. The second-order valence-corrected chi connectivity index (χ2v) is 8.44. The summed E-state index contributed by atoms with van der Waals surface area (Å²) in [5.41, 5.74) is 0.613. The Balaban J connectivity index is 1.53. The molecule has 0 radical (unpaired) electrons. The van der Waals surface area contributed by atoms with Gasteiger partial charge in [-0.05, 0) is 31.4 Å². The third-order valence-electron chi connectivity index (χ3n) is 5.96. The molecule has 1 aromatic carbocycles. The molecule has 6 heteroatoms. The molecule has 1 saturated heterocycles. The van der Waals surface area contributed by atoms with Gasteiger partial charge < -0.3 is 15.5 Å². The summed E-state index contributed by atoms with van der Waals surface area (Å²) in [6, 6.07) is 9.03. The number of nitrogens with zero attached hydrogens (tertiary/aromatic N) is 1. The first kappa shape index (κ1) is 24.9. The highest BCUT2D eigenvalue weighted by atomic mass is 16.2. The van der Waals surface area contributed by atoms with E-state index in [1.807, 2.05) is 23.1 Å². The van der Waals surface area contributed by atoms with E-state index in [1.54, 1.807) is 12.1 Å². The molecule has 1 aliphatic heterocycles. The van der Waals surface area contributed by atoms with Crippen LogP contribution in [-0.4, -0.2) is 48.8 Å². The Kier molecular flexibility index (Phi) is 11.7. The minimum Gasteiger partial charge on any atom is -0.354 e. The minimum atomic E-state index is -0.136. The molecule has 6 nitrogen and oxygen atoms in total. The van der Waals surface area contributed by atoms with Crippen molar-refractivity contribution >= 4 is 17.7 Å². The molecule has 0 atom stereocenters. The lowest BCUT2D eigenvalue weighted by atomic mass is 9.95. The van der Waals surface area contributed by atoms with Gasteiger partial charge in [-0.15, -0.1) is 0 Å². The average molecular weight is 430 g/mol. The number of piperidine rings is 1. The van der Waals surface area contributed by atoms with Gasteiger partial charge in [-0.2, -0.15) is 0 Å². The molecule has 31 heavy (non-hydrogen) atoms. The number of carbonyl (C=O) groups is 3. The molecule has 2 N–H and O–H groups in total. The number of likely N-dealkylation sites (tertiary alicyclic amines) is 1. The Hall–Kier alpha value is -2.37. The van der Waals surface area contributed by atoms with Gasteiger partial charge in [0.1, 0.15) is 0 Å². The summed E-state index contributed by atoms with van der Waals surface area (Å²) in [6.07, 6.45) is 10.5. The minimum absolute atomic E-state index is 0.0214. The molecule has 0 aliphatic carbocycles. The third kappa shape index (κ3) is 9.53. The number of amides is 3. The normalized spacial score (nSPS) is 14.3. The molecule has 0 saturated carbocycles. The fourth-order valence-electron chi connectivity index (χ4n) is 3.98. The van der Waals surface area contributed by atoms with E-state index in [0.29, 0.717) is 51.0 Å². The van der Waals surface area contributed by atoms with E-state index in [-0.39, 0.29) is 23.6 Å². The summed E-state index contributed by atoms with van der Waals surface area (Å²) in [7, 11) is 0. The zero-order valence-corrected chi connectivity index (χ0v) is 19.0. The maximum Gasteiger partial charge on any atom is 0.251 e. The fourth-order valence-corrected chi connectivity index (χ4v) is 3.98. The number of benzene rings is 1. The molecule has 0 spiro atoms. The van der Waals surface area contributed by atoms with Gasteiger partial charge >= 0.3 is 0 Å². The summed E-state index contributed by atoms with van der Waals surface area (Å²) in [6.45, 7) is 4.36. The Morgan fingerprint density at radius 2 is 1.48 bits per heavy atom. The Bertz CT molecular complexity index is 670. The summed E-state index contributed by atoms with van der Waals surface area (Å²) < 4.78 is 0. The molecule has 0 bridgehead atoms. The molecule has 1 heterocycles. The van der Waals surface area contributed by atoms with Crippen LogP contribution >= 0.6 is 0 Å². The smallest absolute Gasteiger partial charge is 0.251 e. The van der Waals surface area contributed by atoms with Gasteiger partial charge in [0.2, 0.25) is 11.8 Å². The first-order valence-corrected chi connectivity index (χ1v) is 12.0. The van der Waals surface area contributed by atoms with Crippen LogP contribution in [0.3, 0.4) is 0 Å². The zero-order chi connectivity index (χ0) is 22.3. The van der Waals surface area contributed by atoms with E-state index in [1.165, 1.54) is 32.1 Å². The van der Waals surface area contributed by atoms with E-state index in [0.717, 1.165) is 12.8 Å². The van der Waals surface area contributed by atoms with Gasteiger partial charge in [0.25, 0.3) is 5.91 Å². The number of hydrogen-bond donors (Lipinski definition) is 2. The maximum absolute atomic E-state index is 12.4. The van der Waals surface area contributed by atoms with Gasteiger partial charge in [-0.3, -0.25) is 14.4 Å². The monoisotopic (exact) mass is 429 g/mol. The molecule has 2 rings (SSSR count). The average Bonchev–Trinajstić information content (AvgIpc) is 2.81. The van der Waals surface area contributed by atoms with Crippen molar-refractivity contribution in [3.8, 4) is 0 Å². The highest BCUT2D eigenvalue weighted by Crippen LogP contribution is 2.19. The second-order valence-electron chi connectivity index (χ2n) is 8.44. The van der Waals surface area contributed by atoms with Crippen LogP contribution < -0.4 is 10.6 Å². The molecule has 1 fully saturated rings. The number of carbonyl (C=O) groups excluding carboxylic acids is 3. The molecule has 1 aromatic rings. The van der Waals surface area contributed by atoms with Crippen LogP contribution in [0.15, 0.2) is 30.3 Å². The molecule has 3 amide bonds. The number of hydrogen-bond acceptors (Lipinski definition) is 3. The standard InChI is InChI=1S/C25H39N3O3/c1-2-3-4-5-6-7-11-14-23(29)28-19-15-22(16-20-28)25(31)27-18-17-26-24(30)21-12-9-8-10-13-21/h8-10,12-13,22H,2-7,11,14-20H2,1H3,(H,26,30)(H,27,31). The predicted octanol–water partition coefficient (Wildman–Crippen LogP) is 3.91. The van der Waals surface area contributed by atoms with Crippen LogP contribution in [0.1, 0.15) is 81.5 Å². The van der Waals surface area contributed by atoms with Crippen LogP contribution in [0.25, 0.3) is 0 Å². The van der Waals surface area contributed by atoms with E-state index in [9.17, 15) is 14.4 Å². The zero-order valence-electron chi connectivity index (χ0n) is 19.0. The lowest BCUT2D eigenvalue weighted by Gasteiger charge is -2.31. The largest absolute Gasteiger partial charge is 0.354 e. The highest BCUT2D eigenvalue weighted by Gasteiger charge is 2.26. The highest BCUT2D eigenvalue weighted by molar-refractivity contribution is 5.94. The SMILES string of the molecule is CCCCCCCCCC(=O)N1CCC(C(=O)NCCNC(=O)c2ccccc2)CC1. The number of unbranched alkanes of at least 4 members (excludes halogenated alkanes) is 6. The van der Waals surface area contributed by atoms with Crippen LogP contribution in [-0.2, 0) is 9.59 Å². The van der Waals surface area contributed by atoms with Crippen molar-refractivity contribution in [3.63, 3.8) is 0 Å². The molecule has 172 valence electrons. The lowest BCUT2D eigenvalue weighted by molar-refractivity contribution is -0.135. The summed E-state index contributed by atoms with van der Waals surface area (Å²) in [5.74, 6) is 0.0687. The van der Waals surface area contributed by atoms with Crippen LogP contribution in [0.5, 0.6) is 0 Å². The van der Waals surface area contributed by atoms with E-state index >= 15 is 0 Å². The maximum atomic E-state index is 12.4. The van der Waals surface area contributed by atoms with Gasteiger partial charge in [-0.1, -0.05) is 63.6 Å². The van der Waals surface area contributed by atoms with Gasteiger partial charge in [-0.25, -0.2) is 0 Å². The number of rotatable bonds is 13. The van der Waals surface area contributed by atoms with Crippen molar-refractivity contribution in [1.82, 2.24) is 15.5 Å². The molecular weight excluding hydrogens is 390 g/mol. The van der Waals surface area contributed by atoms with Crippen molar-refractivity contribution in [2.24, 2.45) is 5.92 Å². The van der Waals surface area contributed by atoms with Crippen molar-refractivity contribution < 1.29 is 14.4 Å². The van der Waals surface area contributed by atoms with Crippen molar-refractivity contribution in [2.75, 3.05) is 26.2 Å². The van der Waals surface area contributed by atoms with Gasteiger partial charge in [0.15, 0.2) is 0 Å². The van der Waals surface area contributed by atoms with Crippen LogP contribution in [0.4, 0.5) is 0 Å². The summed E-state index contributed by atoms with van der Waals surface area (Å²) in [5, 5.41) is 5.72. The van der Waals surface area contributed by atoms with E-state index in [4.69, 9.17) is 0 Å². The Labute approximate surface area is 187 Å². The summed E-state index contributed by atoms with van der Waals surface area (Å²) >= 11 is 0. The van der Waals surface area contributed by atoms with Crippen LogP contribution in [0.2, 0.25) is 0 Å². The first-order chi connectivity index (χ1) is 15.1. The van der Waals surface area contributed by atoms with Crippen molar-refractivity contribution in [3.05, 3.63) is 35.9 Å². The third-order valence-corrected chi connectivity index (χ3v) is 5.96. The quantitative estimate of drug-likeness (QED) is 0.467. The van der Waals surface area contributed by atoms with Crippen LogP contribution in [0, 0.1) is 5.92 Å². The fraction of sp³-hybridized carbons (Fsp3) is 0.640. The predicted molar refractivity (Wildman–Crippen MR) is 124 cm³/mol. The van der Waals surface area contributed by atoms with Crippen molar-refractivity contribution in [2.45, 2.75) is 71.1 Å². The number of nitrogens with one attached hydrogen (secondary N) is 2. The Morgan fingerprint density at radius 1 is 0.871 bits per heavy atom. The molecule has 1 aliphatic rings. The summed E-state index contributed by atoms with van der Waals surface area (Å²) in [4.78, 5) is 38.7. The topological polar surface area (TPSA) is 78.5 Å².